The lowest BCUT2D eigenvalue weighted by Crippen LogP contribution is -2.46. The molecule has 1 aromatic rings. The molecule has 1 fully saturated rings. The number of aromatic nitrogens is 1. The van der Waals surface area contributed by atoms with Crippen LogP contribution >= 0.6 is 11.5 Å². The van der Waals surface area contributed by atoms with Gasteiger partial charge in [-0.2, -0.15) is 4.37 Å². The number of carbonyl (C=O) groups is 1. The smallest absolute Gasteiger partial charge is 0.244 e. The molecular formula is C13H22N4O3S. The third-order valence-electron chi connectivity index (χ3n) is 3.07. The number of carbonyl (C=O) groups excluding carboxylic acids is 1. The number of nitrogens with zero attached hydrogens (tertiary/aromatic N) is 2. The van der Waals surface area contributed by atoms with Gasteiger partial charge in [0, 0.05) is 13.1 Å². The summed E-state index contributed by atoms with van der Waals surface area (Å²) < 4.78 is 15.0. The van der Waals surface area contributed by atoms with Crippen molar-refractivity contribution in [1.82, 2.24) is 9.27 Å². The van der Waals surface area contributed by atoms with E-state index in [1.807, 2.05) is 20.8 Å². The molecule has 0 spiro atoms. The normalized spacial score (nSPS) is 16.9. The van der Waals surface area contributed by atoms with Gasteiger partial charge in [0.2, 0.25) is 5.91 Å². The van der Waals surface area contributed by atoms with Gasteiger partial charge in [-0.3, -0.25) is 4.79 Å². The highest BCUT2D eigenvalue weighted by molar-refractivity contribution is 7.11. The SMILES string of the molecule is CC(C)Oc1c(N)nsc1NC(C)C(=O)N1CCOCC1. The van der Waals surface area contributed by atoms with Crippen molar-refractivity contribution >= 4 is 28.3 Å². The lowest BCUT2D eigenvalue weighted by Gasteiger charge is -2.29. The van der Waals surface area contributed by atoms with Crippen LogP contribution < -0.4 is 15.8 Å². The number of hydrogen-bond acceptors (Lipinski definition) is 7. The minimum atomic E-state index is -0.363. The summed E-state index contributed by atoms with van der Waals surface area (Å²) in [5.41, 5.74) is 5.81. The Hall–Kier alpha value is -1.54. The Labute approximate surface area is 128 Å². The molecule has 1 aromatic heterocycles. The van der Waals surface area contributed by atoms with Crippen molar-refractivity contribution in [1.29, 1.82) is 0 Å². The number of hydrogen-bond donors (Lipinski definition) is 2. The second-order valence-electron chi connectivity index (χ2n) is 5.20. The first kappa shape index (κ1) is 15.8. The van der Waals surface area contributed by atoms with E-state index in [2.05, 4.69) is 9.69 Å². The van der Waals surface area contributed by atoms with Gasteiger partial charge in [0.25, 0.3) is 0 Å². The Morgan fingerprint density at radius 2 is 2.10 bits per heavy atom. The van der Waals surface area contributed by atoms with E-state index >= 15 is 0 Å². The molecule has 1 atom stereocenters. The standard InChI is InChI=1S/C13H22N4O3S/c1-8(2)20-10-11(14)16-21-12(10)15-9(3)13(18)17-4-6-19-7-5-17/h8-9,15H,4-7H2,1-3H3,(H2,14,16). The molecule has 1 unspecified atom stereocenters. The second-order valence-corrected chi connectivity index (χ2v) is 5.97. The Bertz CT molecular complexity index is 486. The number of rotatable bonds is 5. The van der Waals surface area contributed by atoms with Crippen molar-refractivity contribution in [2.24, 2.45) is 0 Å². The van der Waals surface area contributed by atoms with E-state index < -0.39 is 0 Å². The molecule has 0 aromatic carbocycles. The van der Waals surface area contributed by atoms with Crippen molar-refractivity contribution < 1.29 is 14.3 Å². The third kappa shape index (κ3) is 3.98. The summed E-state index contributed by atoms with van der Waals surface area (Å²) in [5, 5.41) is 3.84. The quantitative estimate of drug-likeness (QED) is 0.848. The van der Waals surface area contributed by atoms with Gasteiger partial charge in [0.15, 0.2) is 16.6 Å². The van der Waals surface area contributed by atoms with E-state index in [0.29, 0.717) is 42.9 Å². The lowest BCUT2D eigenvalue weighted by atomic mass is 10.2. The molecule has 7 nitrogen and oxygen atoms in total. The Morgan fingerprint density at radius 1 is 1.43 bits per heavy atom. The van der Waals surface area contributed by atoms with Crippen LogP contribution in [0.25, 0.3) is 0 Å². The summed E-state index contributed by atoms with van der Waals surface area (Å²) in [6.07, 6.45) is -0.00509. The fourth-order valence-corrected chi connectivity index (χ4v) is 2.79. The first-order valence-corrected chi connectivity index (χ1v) is 7.81. The fraction of sp³-hybridized carbons (Fsp3) is 0.692. The Kier molecular flexibility index (Phi) is 5.24. The van der Waals surface area contributed by atoms with E-state index in [0.717, 1.165) is 0 Å². The third-order valence-corrected chi connectivity index (χ3v) is 3.84. The molecule has 1 amide bonds. The van der Waals surface area contributed by atoms with E-state index in [9.17, 15) is 4.79 Å². The van der Waals surface area contributed by atoms with Crippen LogP contribution in [0.4, 0.5) is 10.8 Å². The molecule has 0 bridgehead atoms. The molecule has 2 heterocycles. The van der Waals surface area contributed by atoms with Gasteiger partial charge in [-0.05, 0) is 32.3 Å². The van der Waals surface area contributed by atoms with Gasteiger partial charge in [-0.25, -0.2) is 0 Å². The maximum Gasteiger partial charge on any atom is 0.244 e. The van der Waals surface area contributed by atoms with Crippen LogP contribution in [-0.2, 0) is 9.53 Å². The van der Waals surface area contributed by atoms with E-state index in [-0.39, 0.29) is 18.1 Å². The number of nitrogens with one attached hydrogen (secondary N) is 1. The molecule has 0 aliphatic carbocycles. The monoisotopic (exact) mass is 314 g/mol. The Morgan fingerprint density at radius 3 is 2.71 bits per heavy atom. The molecular weight excluding hydrogens is 292 g/mol. The molecule has 21 heavy (non-hydrogen) atoms. The van der Waals surface area contributed by atoms with Gasteiger partial charge < -0.3 is 25.4 Å². The average molecular weight is 314 g/mol. The molecule has 1 aliphatic heterocycles. The summed E-state index contributed by atoms with van der Waals surface area (Å²) in [7, 11) is 0. The van der Waals surface area contributed by atoms with E-state index in [1.165, 1.54) is 11.5 Å². The summed E-state index contributed by atoms with van der Waals surface area (Å²) in [6.45, 7) is 8.11. The molecule has 0 saturated carbocycles. The van der Waals surface area contributed by atoms with Crippen molar-refractivity contribution in [3.8, 4) is 5.75 Å². The number of anilines is 2. The molecule has 1 saturated heterocycles. The first-order valence-electron chi connectivity index (χ1n) is 7.04. The number of ether oxygens (including phenoxy) is 2. The van der Waals surface area contributed by atoms with Gasteiger partial charge in [-0.1, -0.05) is 0 Å². The summed E-state index contributed by atoms with van der Waals surface area (Å²) >= 11 is 1.20. The van der Waals surface area contributed by atoms with Crippen LogP contribution in [0.5, 0.6) is 5.75 Å². The number of amides is 1. The number of nitrogens with two attached hydrogens (primary N) is 1. The number of morpholine rings is 1. The van der Waals surface area contributed by atoms with Crippen LogP contribution in [0.2, 0.25) is 0 Å². The van der Waals surface area contributed by atoms with Crippen molar-refractivity contribution in [3.05, 3.63) is 0 Å². The maximum atomic E-state index is 12.4. The largest absolute Gasteiger partial charge is 0.484 e. The summed E-state index contributed by atoms with van der Waals surface area (Å²) in [5.74, 6) is 0.916. The highest BCUT2D eigenvalue weighted by Gasteiger charge is 2.24. The molecule has 1 aliphatic rings. The molecule has 118 valence electrons. The van der Waals surface area contributed by atoms with Crippen LogP contribution in [-0.4, -0.2) is 53.6 Å². The Balaban J connectivity index is 2.01. The predicted molar refractivity (Wildman–Crippen MR) is 82.8 cm³/mol. The van der Waals surface area contributed by atoms with Crippen LogP contribution in [0.15, 0.2) is 0 Å². The van der Waals surface area contributed by atoms with E-state index in [4.69, 9.17) is 15.2 Å². The highest BCUT2D eigenvalue weighted by atomic mass is 32.1. The van der Waals surface area contributed by atoms with Gasteiger partial charge in [-0.15, -0.1) is 0 Å². The first-order chi connectivity index (χ1) is 9.99. The maximum absolute atomic E-state index is 12.4. The van der Waals surface area contributed by atoms with Gasteiger partial charge in [0.1, 0.15) is 6.04 Å². The minimum Gasteiger partial charge on any atom is -0.484 e. The second kappa shape index (κ2) is 6.95. The summed E-state index contributed by atoms with van der Waals surface area (Å²) in [4.78, 5) is 14.2. The summed E-state index contributed by atoms with van der Waals surface area (Å²) in [6, 6.07) is -0.363. The van der Waals surface area contributed by atoms with E-state index in [1.54, 1.807) is 4.90 Å². The van der Waals surface area contributed by atoms with Crippen LogP contribution in [0.1, 0.15) is 20.8 Å². The van der Waals surface area contributed by atoms with Crippen LogP contribution in [0.3, 0.4) is 0 Å². The fourth-order valence-electron chi connectivity index (χ4n) is 2.05. The molecule has 8 heteroatoms. The average Bonchev–Trinajstić information content (AvgIpc) is 2.79. The molecule has 0 radical (unpaired) electrons. The highest BCUT2D eigenvalue weighted by Crippen LogP contribution is 2.36. The zero-order chi connectivity index (χ0) is 15.4. The number of nitrogen functional groups attached to an aromatic ring is 1. The minimum absolute atomic E-state index is 0.00509. The zero-order valence-corrected chi connectivity index (χ0v) is 13.4. The van der Waals surface area contributed by atoms with Crippen molar-refractivity contribution in [2.45, 2.75) is 32.9 Å². The predicted octanol–water partition coefficient (Wildman–Crippen LogP) is 1.17. The van der Waals surface area contributed by atoms with Crippen molar-refractivity contribution in [2.75, 3.05) is 37.4 Å². The topological polar surface area (TPSA) is 89.7 Å². The van der Waals surface area contributed by atoms with Gasteiger partial charge in [0.05, 0.1) is 19.3 Å². The van der Waals surface area contributed by atoms with Crippen molar-refractivity contribution in [3.63, 3.8) is 0 Å². The zero-order valence-electron chi connectivity index (χ0n) is 12.6. The van der Waals surface area contributed by atoms with Crippen LogP contribution in [0, 0.1) is 0 Å². The molecule has 3 N–H and O–H groups in total. The lowest BCUT2D eigenvalue weighted by molar-refractivity contribution is -0.135. The van der Waals surface area contributed by atoms with Gasteiger partial charge >= 0.3 is 0 Å². The molecule has 2 rings (SSSR count).